The van der Waals surface area contributed by atoms with Gasteiger partial charge in [0.05, 0.1) is 24.9 Å². The minimum Gasteiger partial charge on any atom is -0.465 e. The first-order chi connectivity index (χ1) is 20.3. The van der Waals surface area contributed by atoms with Crippen LogP contribution in [0.3, 0.4) is 0 Å². The topological polar surface area (TPSA) is 103 Å². The number of thioether (sulfide) groups is 1. The molecule has 0 aliphatic carbocycles. The van der Waals surface area contributed by atoms with Crippen LogP contribution in [0.1, 0.15) is 30.9 Å². The van der Waals surface area contributed by atoms with Crippen molar-refractivity contribution in [2.24, 2.45) is 5.92 Å². The van der Waals surface area contributed by atoms with Crippen molar-refractivity contribution in [2.75, 3.05) is 42.2 Å². The third-order valence-electron chi connectivity index (χ3n) is 7.43. The average Bonchev–Trinajstić information content (AvgIpc) is 3.41. The number of alkyl halides is 3. The molecule has 2 saturated heterocycles. The van der Waals surface area contributed by atoms with Crippen molar-refractivity contribution >= 4 is 35.1 Å². The summed E-state index contributed by atoms with van der Waals surface area (Å²) in [6, 6.07) is 15.5. The van der Waals surface area contributed by atoms with Gasteiger partial charge < -0.3 is 15.0 Å². The molecule has 2 aliphatic heterocycles. The van der Waals surface area contributed by atoms with Gasteiger partial charge in [-0.3, -0.25) is 10.1 Å². The molecule has 2 aliphatic rings. The van der Waals surface area contributed by atoms with Crippen molar-refractivity contribution in [3.05, 3.63) is 66.4 Å². The van der Waals surface area contributed by atoms with Gasteiger partial charge in [0.15, 0.2) is 0 Å². The predicted molar refractivity (Wildman–Crippen MR) is 156 cm³/mol. The van der Waals surface area contributed by atoms with Gasteiger partial charge in [-0.05, 0) is 60.4 Å². The lowest BCUT2D eigenvalue weighted by Gasteiger charge is -2.33. The van der Waals surface area contributed by atoms with Gasteiger partial charge in [-0.15, -0.1) is 11.8 Å². The quantitative estimate of drug-likeness (QED) is 0.220. The smallest absolute Gasteiger partial charge is 0.407 e. The number of hydrogen-bond donors (Lipinski definition) is 2. The molecule has 2 aromatic carbocycles. The first-order valence-corrected chi connectivity index (χ1v) is 14.9. The van der Waals surface area contributed by atoms with Gasteiger partial charge in [0.2, 0.25) is 5.95 Å². The van der Waals surface area contributed by atoms with Crippen molar-refractivity contribution in [1.82, 2.24) is 15.3 Å². The summed E-state index contributed by atoms with van der Waals surface area (Å²) in [6.45, 7) is 2.07. The molecule has 0 saturated carbocycles. The number of halogens is 3. The highest BCUT2D eigenvalue weighted by Gasteiger charge is 2.40. The lowest BCUT2D eigenvalue weighted by Crippen LogP contribution is -2.34. The second-order valence-corrected chi connectivity index (χ2v) is 11.5. The van der Waals surface area contributed by atoms with E-state index in [0.29, 0.717) is 29.7 Å². The highest BCUT2D eigenvalue weighted by atomic mass is 32.2. The molecular formula is C30H31F3N6O2S. The van der Waals surface area contributed by atoms with Gasteiger partial charge in [0, 0.05) is 42.6 Å². The predicted octanol–water partition coefficient (Wildman–Crippen LogP) is 5.87. The van der Waals surface area contributed by atoms with Crippen molar-refractivity contribution in [3.8, 4) is 17.3 Å². The van der Waals surface area contributed by atoms with Gasteiger partial charge in [0.25, 0.3) is 0 Å². The summed E-state index contributed by atoms with van der Waals surface area (Å²) in [5.41, 5.74) is 3.19. The number of anilines is 3. The summed E-state index contributed by atoms with van der Waals surface area (Å²) < 4.78 is 45.3. The Morgan fingerprint density at radius 3 is 2.45 bits per heavy atom. The number of benzene rings is 2. The molecule has 3 heterocycles. The van der Waals surface area contributed by atoms with Crippen LogP contribution in [0, 0.1) is 17.2 Å². The minimum atomic E-state index is -4.52. The number of esters is 1. The Balaban J connectivity index is 1.15. The fraction of sp³-hybridized carbons (Fsp3) is 0.400. The van der Waals surface area contributed by atoms with Crippen molar-refractivity contribution in [1.29, 1.82) is 5.26 Å². The maximum absolute atomic E-state index is 13.4. The number of nitrogens with zero attached hydrogens (tertiary/aromatic N) is 4. The van der Waals surface area contributed by atoms with Crippen LogP contribution in [-0.4, -0.2) is 59.4 Å². The lowest BCUT2D eigenvalue weighted by atomic mass is 9.98. The zero-order valence-electron chi connectivity index (χ0n) is 22.8. The maximum Gasteiger partial charge on any atom is 0.407 e. The van der Waals surface area contributed by atoms with Crippen LogP contribution in [-0.2, 0) is 9.53 Å². The van der Waals surface area contributed by atoms with Crippen molar-refractivity contribution in [3.63, 3.8) is 0 Å². The van der Waals surface area contributed by atoms with Gasteiger partial charge in [0.1, 0.15) is 11.3 Å². The Kier molecular flexibility index (Phi) is 9.49. The molecule has 3 aromatic rings. The molecule has 8 nitrogen and oxygen atoms in total. The van der Waals surface area contributed by atoms with Crippen LogP contribution in [0.15, 0.2) is 60.8 Å². The van der Waals surface area contributed by atoms with Gasteiger partial charge in [-0.1, -0.05) is 24.3 Å². The third-order valence-corrected chi connectivity index (χ3v) is 8.93. The minimum absolute atomic E-state index is 0.00246. The summed E-state index contributed by atoms with van der Waals surface area (Å²) in [6.07, 6.45) is 0.0635. The number of nitriles is 1. The number of rotatable bonds is 10. The Morgan fingerprint density at radius 1 is 1.07 bits per heavy atom. The highest BCUT2D eigenvalue weighted by Crippen LogP contribution is 2.34. The number of ether oxygens (including phenoxy) is 1. The zero-order chi connectivity index (χ0) is 29.5. The molecular weight excluding hydrogens is 565 g/mol. The average molecular weight is 597 g/mol. The lowest BCUT2D eigenvalue weighted by molar-refractivity contribution is -0.157. The molecule has 12 heteroatoms. The number of piperidine rings is 1. The summed E-state index contributed by atoms with van der Waals surface area (Å²) in [5, 5.41) is 14.1. The van der Waals surface area contributed by atoms with Gasteiger partial charge >= 0.3 is 12.1 Å². The highest BCUT2D eigenvalue weighted by molar-refractivity contribution is 8.00. The monoisotopic (exact) mass is 596 g/mol. The molecule has 2 unspecified atom stereocenters. The second-order valence-electron chi connectivity index (χ2n) is 10.3. The van der Waals surface area contributed by atoms with Gasteiger partial charge in [-0.2, -0.15) is 18.4 Å². The summed E-state index contributed by atoms with van der Waals surface area (Å²) >= 11 is 1.74. The van der Waals surface area contributed by atoms with Gasteiger partial charge in [-0.25, -0.2) is 9.97 Å². The van der Waals surface area contributed by atoms with Crippen LogP contribution >= 0.6 is 11.8 Å². The largest absolute Gasteiger partial charge is 0.465 e. The molecule has 5 rings (SSSR count). The van der Waals surface area contributed by atoms with E-state index in [4.69, 9.17) is 10.00 Å². The number of carbonyl (C=O) groups excluding carboxylic acids is 1. The van der Waals surface area contributed by atoms with Crippen LogP contribution in [0.5, 0.6) is 0 Å². The van der Waals surface area contributed by atoms with Crippen LogP contribution < -0.4 is 15.5 Å². The molecule has 0 spiro atoms. The SMILES string of the molecule is N#CCNC(c1ccc(-c2ccnc(Nc3ccc(N4CCC(CSC5CCOC5=O)CC4)cc3)n2)cc1)C(F)(F)F. The summed E-state index contributed by atoms with van der Waals surface area (Å²) in [4.78, 5) is 22.9. The number of carbonyl (C=O) groups is 1. The zero-order valence-corrected chi connectivity index (χ0v) is 23.6. The van der Waals surface area contributed by atoms with Crippen molar-refractivity contribution in [2.45, 2.75) is 36.7 Å². The summed E-state index contributed by atoms with van der Waals surface area (Å²) in [5.74, 6) is 1.90. The number of hydrogen-bond acceptors (Lipinski definition) is 9. The second kappa shape index (κ2) is 13.4. The molecule has 2 N–H and O–H groups in total. The maximum atomic E-state index is 13.4. The molecule has 220 valence electrons. The number of cyclic esters (lactones) is 1. The molecule has 0 radical (unpaired) electrons. The first-order valence-electron chi connectivity index (χ1n) is 13.8. The summed E-state index contributed by atoms with van der Waals surface area (Å²) in [7, 11) is 0. The fourth-order valence-corrected chi connectivity index (χ4v) is 6.42. The van der Waals surface area contributed by atoms with E-state index < -0.39 is 18.8 Å². The van der Waals surface area contributed by atoms with E-state index in [1.807, 2.05) is 12.1 Å². The van der Waals surface area contributed by atoms with Crippen LogP contribution in [0.2, 0.25) is 0 Å². The standard InChI is InChI=1S/C30H31F3N6O2S/c31-30(32,33)27(35-15-13-34)22-3-1-21(2-4-22)25-9-14-36-29(38-25)37-23-5-7-24(8-6-23)39-16-10-20(11-17-39)19-42-26-12-18-41-28(26)40/h1-9,14,20,26-27,35H,10-12,15-19H2,(H,36,37,38). The van der Waals surface area contributed by atoms with E-state index in [1.54, 1.807) is 42.2 Å². The molecule has 2 fully saturated rings. The molecule has 1 aromatic heterocycles. The third kappa shape index (κ3) is 7.52. The van der Waals surface area contributed by atoms with E-state index in [1.165, 1.54) is 12.1 Å². The van der Waals surface area contributed by atoms with Crippen LogP contribution in [0.4, 0.5) is 30.5 Å². The normalized spacial score (nSPS) is 18.4. The molecule has 2 atom stereocenters. The first kappa shape index (κ1) is 29.7. The van der Waals surface area contributed by atoms with Crippen LogP contribution in [0.25, 0.3) is 11.3 Å². The Hall–Kier alpha value is -3.82. The van der Waals surface area contributed by atoms with E-state index in [2.05, 4.69) is 37.6 Å². The Bertz CT molecular complexity index is 1390. The van der Waals surface area contributed by atoms with E-state index >= 15 is 0 Å². The molecule has 42 heavy (non-hydrogen) atoms. The number of nitrogens with one attached hydrogen (secondary N) is 2. The Labute approximate surface area is 246 Å². The number of aromatic nitrogens is 2. The molecule has 0 bridgehead atoms. The van der Waals surface area contributed by atoms with E-state index in [9.17, 15) is 18.0 Å². The molecule has 0 amide bonds. The Morgan fingerprint density at radius 2 is 1.81 bits per heavy atom. The van der Waals surface area contributed by atoms with Crippen molar-refractivity contribution < 1.29 is 22.7 Å². The van der Waals surface area contributed by atoms with E-state index in [-0.39, 0.29) is 16.8 Å². The van der Waals surface area contributed by atoms with E-state index in [0.717, 1.165) is 49.5 Å². The fourth-order valence-electron chi connectivity index (χ4n) is 5.12.